The Labute approximate surface area is 120 Å². The second-order valence-electron chi connectivity index (χ2n) is 4.42. The monoisotopic (exact) mass is 290 g/mol. The molecular formula is C13H26N2O5. The zero-order chi connectivity index (χ0) is 15.2. The van der Waals surface area contributed by atoms with E-state index in [-0.39, 0.29) is 18.5 Å². The van der Waals surface area contributed by atoms with Crippen LogP contribution in [-0.4, -0.2) is 56.6 Å². The number of hydrogen-bond acceptors (Lipinski definition) is 4. The van der Waals surface area contributed by atoms with Crippen molar-refractivity contribution in [2.75, 3.05) is 33.5 Å². The van der Waals surface area contributed by atoms with Crippen LogP contribution in [0.3, 0.4) is 0 Å². The first kappa shape index (κ1) is 18.7. The summed E-state index contributed by atoms with van der Waals surface area (Å²) >= 11 is 0. The van der Waals surface area contributed by atoms with Gasteiger partial charge in [-0.25, -0.2) is 4.79 Å². The number of hydrogen-bond donors (Lipinski definition) is 3. The lowest BCUT2D eigenvalue weighted by atomic mass is 10.1. The standard InChI is InChI=1S/C13H26N2O5/c1-3-11(10-12(16)17)15-13(18)14-6-4-5-7-20-9-8-19-2/h11H,3-10H2,1-2H3,(H,16,17)(H2,14,15,18). The molecule has 0 heterocycles. The highest BCUT2D eigenvalue weighted by molar-refractivity contribution is 5.75. The number of carboxylic acids is 1. The number of carbonyl (C=O) groups is 2. The number of rotatable bonds is 12. The van der Waals surface area contributed by atoms with Crippen LogP contribution in [0.15, 0.2) is 0 Å². The van der Waals surface area contributed by atoms with Crippen molar-refractivity contribution in [2.24, 2.45) is 0 Å². The third-order valence-electron chi connectivity index (χ3n) is 2.68. The molecule has 0 aliphatic carbocycles. The third-order valence-corrected chi connectivity index (χ3v) is 2.68. The van der Waals surface area contributed by atoms with Crippen LogP contribution < -0.4 is 10.6 Å². The maximum absolute atomic E-state index is 11.5. The van der Waals surface area contributed by atoms with Gasteiger partial charge in [0.2, 0.25) is 0 Å². The van der Waals surface area contributed by atoms with Crippen molar-refractivity contribution in [1.82, 2.24) is 10.6 Å². The SMILES string of the molecule is CCC(CC(=O)O)NC(=O)NCCCCOCCOC. The van der Waals surface area contributed by atoms with Gasteiger partial charge in [0.1, 0.15) is 0 Å². The average molecular weight is 290 g/mol. The van der Waals surface area contributed by atoms with Crippen LogP contribution in [0.5, 0.6) is 0 Å². The molecule has 0 rings (SSSR count). The summed E-state index contributed by atoms with van der Waals surface area (Å²) in [4.78, 5) is 22.1. The summed E-state index contributed by atoms with van der Waals surface area (Å²) in [5, 5.41) is 14.0. The van der Waals surface area contributed by atoms with Crippen LogP contribution in [0, 0.1) is 0 Å². The van der Waals surface area contributed by atoms with Crippen molar-refractivity contribution in [3.8, 4) is 0 Å². The molecular weight excluding hydrogens is 264 g/mol. The predicted octanol–water partition coefficient (Wildman–Crippen LogP) is 0.982. The highest BCUT2D eigenvalue weighted by atomic mass is 16.5. The second kappa shape index (κ2) is 12.7. The highest BCUT2D eigenvalue weighted by Crippen LogP contribution is 1.97. The Hall–Kier alpha value is -1.34. The second-order valence-corrected chi connectivity index (χ2v) is 4.42. The van der Waals surface area contributed by atoms with Gasteiger partial charge in [0, 0.05) is 26.3 Å². The molecule has 20 heavy (non-hydrogen) atoms. The number of unbranched alkanes of at least 4 members (excludes halogenated alkanes) is 1. The highest BCUT2D eigenvalue weighted by Gasteiger charge is 2.13. The first-order chi connectivity index (χ1) is 9.60. The van der Waals surface area contributed by atoms with Gasteiger partial charge in [0.05, 0.1) is 19.6 Å². The van der Waals surface area contributed by atoms with E-state index in [1.165, 1.54) is 0 Å². The Balaban J connectivity index is 3.50. The number of methoxy groups -OCH3 is 1. The van der Waals surface area contributed by atoms with Crippen molar-refractivity contribution in [3.63, 3.8) is 0 Å². The zero-order valence-corrected chi connectivity index (χ0v) is 12.3. The lowest BCUT2D eigenvalue weighted by molar-refractivity contribution is -0.137. The minimum absolute atomic E-state index is 0.0583. The van der Waals surface area contributed by atoms with Crippen LogP contribution in [0.4, 0.5) is 4.79 Å². The molecule has 0 saturated carbocycles. The molecule has 118 valence electrons. The molecule has 0 bridgehead atoms. The van der Waals surface area contributed by atoms with Gasteiger partial charge in [0.25, 0.3) is 0 Å². The van der Waals surface area contributed by atoms with E-state index in [9.17, 15) is 9.59 Å². The van der Waals surface area contributed by atoms with Crippen LogP contribution >= 0.6 is 0 Å². The number of amides is 2. The number of carboxylic acid groups (broad SMARTS) is 1. The summed E-state index contributed by atoms with van der Waals surface area (Å²) in [6, 6.07) is -0.650. The molecule has 1 atom stereocenters. The van der Waals surface area contributed by atoms with Crippen LogP contribution in [0.2, 0.25) is 0 Å². The van der Waals surface area contributed by atoms with E-state index in [1.807, 2.05) is 6.92 Å². The van der Waals surface area contributed by atoms with Crippen LogP contribution in [0.25, 0.3) is 0 Å². The average Bonchev–Trinajstić information content (AvgIpc) is 2.40. The van der Waals surface area contributed by atoms with Gasteiger partial charge < -0.3 is 25.2 Å². The minimum Gasteiger partial charge on any atom is -0.481 e. The summed E-state index contributed by atoms with van der Waals surface area (Å²) < 4.78 is 10.1. The van der Waals surface area contributed by atoms with E-state index in [4.69, 9.17) is 14.6 Å². The van der Waals surface area contributed by atoms with Crippen molar-refractivity contribution < 1.29 is 24.2 Å². The van der Waals surface area contributed by atoms with E-state index < -0.39 is 5.97 Å². The lowest BCUT2D eigenvalue weighted by Crippen LogP contribution is -2.43. The van der Waals surface area contributed by atoms with Crippen molar-refractivity contribution >= 4 is 12.0 Å². The van der Waals surface area contributed by atoms with E-state index in [1.54, 1.807) is 7.11 Å². The number of carbonyl (C=O) groups excluding carboxylic acids is 1. The molecule has 3 N–H and O–H groups in total. The Morgan fingerprint density at radius 3 is 2.55 bits per heavy atom. The van der Waals surface area contributed by atoms with Crippen LogP contribution in [0.1, 0.15) is 32.6 Å². The maximum atomic E-state index is 11.5. The molecule has 0 fully saturated rings. The Morgan fingerprint density at radius 1 is 1.20 bits per heavy atom. The largest absolute Gasteiger partial charge is 0.481 e. The van der Waals surface area contributed by atoms with E-state index in [2.05, 4.69) is 10.6 Å². The summed E-state index contributed by atoms with van der Waals surface area (Å²) in [5.74, 6) is -0.912. The molecule has 0 aliphatic heterocycles. The predicted molar refractivity (Wildman–Crippen MR) is 74.8 cm³/mol. The molecule has 0 aromatic rings. The van der Waals surface area contributed by atoms with Crippen molar-refractivity contribution in [1.29, 1.82) is 0 Å². The summed E-state index contributed by atoms with van der Waals surface area (Å²) in [7, 11) is 1.62. The minimum atomic E-state index is -0.912. The normalized spacial score (nSPS) is 11.9. The molecule has 0 saturated heterocycles. The summed E-state index contributed by atoms with van der Waals surface area (Å²) in [6.07, 6.45) is 2.21. The quantitative estimate of drug-likeness (QED) is 0.466. The Kier molecular flexibility index (Phi) is 11.8. The molecule has 0 aromatic heterocycles. The van der Waals surface area contributed by atoms with E-state index >= 15 is 0 Å². The Bertz CT molecular complexity index is 273. The lowest BCUT2D eigenvalue weighted by Gasteiger charge is -2.15. The molecule has 0 aliphatic rings. The molecule has 0 spiro atoms. The van der Waals surface area contributed by atoms with Crippen molar-refractivity contribution in [2.45, 2.75) is 38.6 Å². The van der Waals surface area contributed by atoms with Gasteiger partial charge in [0.15, 0.2) is 0 Å². The van der Waals surface area contributed by atoms with Gasteiger partial charge in [-0.15, -0.1) is 0 Å². The molecule has 0 aromatic carbocycles. The van der Waals surface area contributed by atoms with Crippen molar-refractivity contribution in [3.05, 3.63) is 0 Å². The first-order valence-electron chi connectivity index (χ1n) is 6.93. The van der Waals surface area contributed by atoms with Gasteiger partial charge in [-0.3, -0.25) is 4.79 Å². The fourth-order valence-corrected chi connectivity index (χ4v) is 1.52. The van der Waals surface area contributed by atoms with Crippen LogP contribution in [-0.2, 0) is 14.3 Å². The van der Waals surface area contributed by atoms with Gasteiger partial charge in [-0.1, -0.05) is 6.92 Å². The maximum Gasteiger partial charge on any atom is 0.315 e. The smallest absolute Gasteiger partial charge is 0.315 e. The fourth-order valence-electron chi connectivity index (χ4n) is 1.52. The van der Waals surface area contributed by atoms with Gasteiger partial charge in [-0.05, 0) is 19.3 Å². The van der Waals surface area contributed by atoms with Gasteiger partial charge >= 0.3 is 12.0 Å². The molecule has 2 amide bonds. The van der Waals surface area contributed by atoms with E-state index in [0.29, 0.717) is 32.8 Å². The summed E-state index contributed by atoms with van der Waals surface area (Å²) in [6.45, 7) is 4.19. The Morgan fingerprint density at radius 2 is 1.95 bits per heavy atom. The zero-order valence-electron chi connectivity index (χ0n) is 12.3. The number of ether oxygens (including phenoxy) is 2. The first-order valence-corrected chi connectivity index (χ1v) is 6.93. The topological polar surface area (TPSA) is 96.9 Å². The molecule has 0 radical (unpaired) electrons. The van der Waals surface area contributed by atoms with E-state index in [0.717, 1.165) is 12.8 Å². The number of nitrogens with one attached hydrogen (secondary N) is 2. The van der Waals surface area contributed by atoms with Gasteiger partial charge in [-0.2, -0.15) is 0 Å². The number of urea groups is 1. The summed E-state index contributed by atoms with van der Waals surface area (Å²) in [5.41, 5.74) is 0. The molecule has 7 heteroatoms. The number of aliphatic carboxylic acids is 1. The molecule has 1 unspecified atom stereocenters. The fraction of sp³-hybridized carbons (Fsp3) is 0.846. The molecule has 7 nitrogen and oxygen atoms in total. The third kappa shape index (κ3) is 11.7.